The minimum absolute atomic E-state index is 0.0854. The maximum atomic E-state index is 11.8. The number of alkyl halides is 3. The molecule has 100 valence electrons. The summed E-state index contributed by atoms with van der Waals surface area (Å²) in [5, 5.41) is 2.69. The van der Waals surface area contributed by atoms with E-state index in [2.05, 4.69) is 5.32 Å². The van der Waals surface area contributed by atoms with Crippen LogP contribution in [-0.4, -0.2) is 12.1 Å². The molecular weight excluding hydrogens is 243 g/mol. The lowest BCUT2D eigenvalue weighted by atomic mass is 10.1. The number of carbonyl (C=O) groups excluding carboxylic acids is 1. The predicted molar refractivity (Wildman–Crippen MR) is 64.2 cm³/mol. The van der Waals surface area contributed by atoms with Crippen molar-refractivity contribution >= 4 is 11.6 Å². The van der Waals surface area contributed by atoms with E-state index < -0.39 is 12.6 Å². The minimum Gasteiger partial charge on any atom is -0.326 e. The van der Waals surface area contributed by atoms with E-state index in [1.54, 1.807) is 24.3 Å². The molecule has 0 aromatic heterocycles. The molecule has 5 heteroatoms. The molecule has 0 heterocycles. The van der Waals surface area contributed by atoms with Crippen LogP contribution < -0.4 is 5.32 Å². The summed E-state index contributed by atoms with van der Waals surface area (Å²) in [6.45, 7) is 0. The summed E-state index contributed by atoms with van der Waals surface area (Å²) in [6, 6.07) is 8.98. The Morgan fingerprint density at radius 1 is 1.06 bits per heavy atom. The van der Waals surface area contributed by atoms with Gasteiger partial charge in [-0.05, 0) is 25.0 Å². The van der Waals surface area contributed by atoms with Gasteiger partial charge in [0.15, 0.2) is 0 Å². The van der Waals surface area contributed by atoms with Crippen LogP contribution in [0.25, 0.3) is 0 Å². The molecule has 0 bridgehead atoms. The van der Waals surface area contributed by atoms with Crippen molar-refractivity contribution in [2.75, 3.05) is 5.32 Å². The molecule has 0 aliphatic rings. The number of rotatable bonds is 6. The number of anilines is 1. The average Bonchev–Trinajstić information content (AvgIpc) is 2.28. The summed E-state index contributed by atoms with van der Waals surface area (Å²) in [6.07, 6.45) is -3.62. The molecule has 2 nitrogen and oxygen atoms in total. The van der Waals surface area contributed by atoms with Gasteiger partial charge in [0.25, 0.3) is 0 Å². The van der Waals surface area contributed by atoms with Crippen LogP contribution in [0.3, 0.4) is 0 Å². The number of carbonyl (C=O) groups is 1. The highest BCUT2D eigenvalue weighted by Gasteiger charge is 2.25. The lowest BCUT2D eigenvalue weighted by Crippen LogP contribution is -2.11. The Bertz CT molecular complexity index is 362. The first-order valence-corrected chi connectivity index (χ1v) is 5.89. The third kappa shape index (κ3) is 6.93. The first-order valence-electron chi connectivity index (χ1n) is 5.89. The number of hydrogen-bond donors (Lipinski definition) is 1. The van der Waals surface area contributed by atoms with Crippen LogP contribution in [-0.2, 0) is 4.79 Å². The van der Waals surface area contributed by atoms with Crippen LogP contribution in [0.4, 0.5) is 18.9 Å². The van der Waals surface area contributed by atoms with Crippen molar-refractivity contribution in [1.82, 2.24) is 0 Å². The Labute approximate surface area is 104 Å². The second-order valence-electron chi connectivity index (χ2n) is 4.09. The molecule has 1 aromatic carbocycles. The molecule has 1 amide bonds. The van der Waals surface area contributed by atoms with Crippen molar-refractivity contribution in [3.8, 4) is 0 Å². The third-order valence-electron chi connectivity index (χ3n) is 2.42. The summed E-state index contributed by atoms with van der Waals surface area (Å²) >= 11 is 0. The number of para-hydroxylation sites is 1. The molecule has 18 heavy (non-hydrogen) atoms. The number of unbranched alkanes of at least 4 members (excludes halogenated alkanes) is 2. The van der Waals surface area contributed by atoms with Gasteiger partial charge in [0.2, 0.25) is 5.91 Å². The van der Waals surface area contributed by atoms with Gasteiger partial charge in [-0.25, -0.2) is 0 Å². The molecular formula is C13H16F3NO. The summed E-state index contributed by atoms with van der Waals surface area (Å²) in [7, 11) is 0. The summed E-state index contributed by atoms with van der Waals surface area (Å²) in [5.74, 6) is -0.159. The van der Waals surface area contributed by atoms with Crippen LogP contribution in [0, 0.1) is 0 Å². The summed E-state index contributed by atoms with van der Waals surface area (Å²) in [4.78, 5) is 11.4. The van der Waals surface area contributed by atoms with Crippen molar-refractivity contribution in [3.63, 3.8) is 0 Å². The summed E-state index contributed by atoms with van der Waals surface area (Å²) in [5.41, 5.74) is 0.706. The zero-order valence-corrected chi connectivity index (χ0v) is 9.96. The van der Waals surface area contributed by atoms with Crippen molar-refractivity contribution in [1.29, 1.82) is 0 Å². The highest BCUT2D eigenvalue weighted by Crippen LogP contribution is 2.22. The molecule has 0 radical (unpaired) electrons. The number of amides is 1. The molecule has 0 atom stereocenters. The van der Waals surface area contributed by atoms with Gasteiger partial charge < -0.3 is 5.32 Å². The van der Waals surface area contributed by atoms with E-state index in [0.717, 1.165) is 0 Å². The molecule has 0 unspecified atom stereocenters. The minimum atomic E-state index is -4.09. The van der Waals surface area contributed by atoms with Crippen LogP contribution in [0.15, 0.2) is 30.3 Å². The van der Waals surface area contributed by atoms with Gasteiger partial charge in [0.1, 0.15) is 0 Å². The van der Waals surface area contributed by atoms with Gasteiger partial charge in [-0.3, -0.25) is 4.79 Å². The smallest absolute Gasteiger partial charge is 0.326 e. The monoisotopic (exact) mass is 259 g/mol. The summed E-state index contributed by atoms with van der Waals surface area (Å²) < 4.78 is 35.5. The van der Waals surface area contributed by atoms with E-state index in [1.807, 2.05) is 6.07 Å². The van der Waals surface area contributed by atoms with Crippen molar-refractivity contribution in [2.45, 2.75) is 38.3 Å². The zero-order valence-electron chi connectivity index (χ0n) is 9.96. The van der Waals surface area contributed by atoms with Crippen LogP contribution in [0.2, 0.25) is 0 Å². The molecule has 1 N–H and O–H groups in total. The molecule has 1 aromatic rings. The van der Waals surface area contributed by atoms with Crippen LogP contribution >= 0.6 is 0 Å². The molecule has 0 saturated carbocycles. The number of benzene rings is 1. The number of halogens is 3. The SMILES string of the molecule is O=C(CCCCCC(F)(F)F)Nc1ccccc1. The zero-order chi connectivity index (χ0) is 13.4. The average molecular weight is 259 g/mol. The highest BCUT2D eigenvalue weighted by molar-refractivity contribution is 5.90. The van der Waals surface area contributed by atoms with E-state index in [4.69, 9.17) is 0 Å². The Morgan fingerprint density at radius 2 is 1.72 bits per heavy atom. The maximum Gasteiger partial charge on any atom is 0.389 e. The standard InChI is InChI=1S/C13H16F3NO/c14-13(15,16)10-6-2-5-9-12(18)17-11-7-3-1-4-8-11/h1,3-4,7-8H,2,5-6,9-10H2,(H,17,18). The largest absolute Gasteiger partial charge is 0.389 e. The molecule has 0 aliphatic carbocycles. The van der Waals surface area contributed by atoms with Crippen LogP contribution in [0.1, 0.15) is 32.1 Å². The van der Waals surface area contributed by atoms with E-state index >= 15 is 0 Å². The molecule has 0 fully saturated rings. The Balaban J connectivity index is 2.11. The van der Waals surface area contributed by atoms with Gasteiger partial charge in [-0.1, -0.05) is 24.6 Å². The van der Waals surface area contributed by atoms with E-state index in [1.165, 1.54) is 0 Å². The van der Waals surface area contributed by atoms with Gasteiger partial charge in [0.05, 0.1) is 0 Å². The number of nitrogens with one attached hydrogen (secondary N) is 1. The molecule has 0 aliphatic heterocycles. The highest BCUT2D eigenvalue weighted by atomic mass is 19.4. The first kappa shape index (κ1) is 14.5. The topological polar surface area (TPSA) is 29.1 Å². The first-order chi connectivity index (χ1) is 8.47. The fourth-order valence-electron chi connectivity index (χ4n) is 1.53. The fourth-order valence-corrected chi connectivity index (χ4v) is 1.53. The Morgan fingerprint density at radius 3 is 2.33 bits per heavy atom. The van der Waals surface area contributed by atoms with Gasteiger partial charge in [-0.15, -0.1) is 0 Å². The Hall–Kier alpha value is -1.52. The normalized spacial score (nSPS) is 11.3. The Kier molecular flexibility index (Phi) is 5.68. The maximum absolute atomic E-state index is 11.8. The lowest BCUT2D eigenvalue weighted by molar-refractivity contribution is -0.135. The fraction of sp³-hybridized carbons (Fsp3) is 0.462. The molecule has 1 rings (SSSR count). The van der Waals surface area contributed by atoms with Crippen molar-refractivity contribution < 1.29 is 18.0 Å². The second kappa shape index (κ2) is 7.03. The molecule has 0 saturated heterocycles. The lowest BCUT2D eigenvalue weighted by Gasteiger charge is -2.06. The van der Waals surface area contributed by atoms with Crippen LogP contribution in [0.5, 0.6) is 0 Å². The number of hydrogen-bond acceptors (Lipinski definition) is 1. The van der Waals surface area contributed by atoms with Crippen molar-refractivity contribution in [3.05, 3.63) is 30.3 Å². The third-order valence-corrected chi connectivity index (χ3v) is 2.42. The second-order valence-corrected chi connectivity index (χ2v) is 4.09. The predicted octanol–water partition coefficient (Wildman–Crippen LogP) is 4.14. The van der Waals surface area contributed by atoms with Gasteiger partial charge in [-0.2, -0.15) is 13.2 Å². The van der Waals surface area contributed by atoms with E-state index in [0.29, 0.717) is 18.5 Å². The van der Waals surface area contributed by atoms with Gasteiger partial charge >= 0.3 is 6.18 Å². The molecule has 0 spiro atoms. The van der Waals surface area contributed by atoms with Crippen molar-refractivity contribution in [2.24, 2.45) is 0 Å². The quantitative estimate of drug-likeness (QED) is 0.764. The van der Waals surface area contributed by atoms with E-state index in [-0.39, 0.29) is 18.7 Å². The van der Waals surface area contributed by atoms with Gasteiger partial charge in [0, 0.05) is 18.5 Å². The van der Waals surface area contributed by atoms with E-state index in [9.17, 15) is 18.0 Å².